The monoisotopic (exact) mass is 189 g/mol. The zero-order chi connectivity index (χ0) is 10.3. The summed E-state index contributed by atoms with van der Waals surface area (Å²) in [6, 6.07) is 0. The van der Waals surface area contributed by atoms with Crippen LogP contribution in [0.25, 0.3) is 0 Å². The van der Waals surface area contributed by atoms with Crippen LogP contribution in [0.15, 0.2) is 0 Å². The zero-order valence-corrected chi connectivity index (χ0v) is 8.20. The van der Waals surface area contributed by atoms with Crippen LogP contribution in [0.5, 0.6) is 0 Å². The van der Waals surface area contributed by atoms with Gasteiger partial charge in [-0.1, -0.05) is 0 Å². The van der Waals surface area contributed by atoms with Crippen molar-refractivity contribution in [3.8, 4) is 0 Å². The fourth-order valence-electron chi connectivity index (χ4n) is 0.651. The van der Waals surface area contributed by atoms with Crippen LogP contribution in [0.4, 0.5) is 4.79 Å². The molecule has 0 radical (unpaired) electrons. The topological polar surface area (TPSA) is 55.8 Å². The average molecular weight is 189 g/mol. The highest BCUT2D eigenvalue weighted by molar-refractivity contribution is 5.67. The highest BCUT2D eigenvalue weighted by Crippen LogP contribution is 1.90. The summed E-state index contributed by atoms with van der Waals surface area (Å²) in [5.74, 6) is -0.350. The largest absolute Gasteiger partial charge is 0.464 e. The van der Waals surface area contributed by atoms with Crippen LogP contribution in [-0.2, 0) is 14.3 Å². The molecule has 0 aliphatic rings. The molecular formula is C8H15NO4. The minimum Gasteiger partial charge on any atom is -0.464 e. The Hall–Kier alpha value is -1.26. The molecule has 0 heterocycles. The number of hydrogen-bond acceptors (Lipinski definition) is 4. The molecule has 0 N–H and O–H groups in total. The van der Waals surface area contributed by atoms with Crippen molar-refractivity contribution in [2.75, 3.05) is 26.8 Å². The number of carbonyl (C=O) groups is 2. The van der Waals surface area contributed by atoms with Gasteiger partial charge >= 0.3 is 12.1 Å². The molecule has 0 aromatic carbocycles. The first-order valence-electron chi connectivity index (χ1n) is 4.09. The lowest BCUT2D eigenvalue weighted by Crippen LogP contribution is -2.31. The summed E-state index contributed by atoms with van der Waals surface area (Å²) in [6.45, 7) is 3.95. The first-order valence-corrected chi connectivity index (χ1v) is 4.09. The fourth-order valence-corrected chi connectivity index (χ4v) is 0.651. The number of ether oxygens (including phenoxy) is 2. The second-order valence-corrected chi connectivity index (χ2v) is 2.46. The molecule has 1 amide bonds. The molecular weight excluding hydrogens is 174 g/mol. The lowest BCUT2D eigenvalue weighted by molar-refractivity contribution is -0.141. The molecule has 0 aromatic heterocycles. The van der Waals surface area contributed by atoms with E-state index in [1.54, 1.807) is 14.0 Å². The molecule has 0 atom stereocenters. The van der Waals surface area contributed by atoms with E-state index in [0.29, 0.717) is 13.2 Å². The second-order valence-electron chi connectivity index (χ2n) is 2.46. The van der Waals surface area contributed by atoms with Crippen LogP contribution in [0.3, 0.4) is 0 Å². The van der Waals surface area contributed by atoms with Gasteiger partial charge in [0.25, 0.3) is 0 Å². The van der Waals surface area contributed by atoms with Crippen molar-refractivity contribution >= 4 is 12.1 Å². The van der Waals surface area contributed by atoms with E-state index >= 15 is 0 Å². The number of nitrogens with zero attached hydrogens (tertiary/aromatic N) is 1. The van der Waals surface area contributed by atoms with Crippen molar-refractivity contribution in [2.45, 2.75) is 13.8 Å². The Morgan fingerprint density at radius 2 is 1.92 bits per heavy atom. The molecule has 0 saturated carbocycles. The fraction of sp³-hybridized carbons (Fsp3) is 0.750. The van der Waals surface area contributed by atoms with Crippen molar-refractivity contribution < 1.29 is 19.1 Å². The Balaban J connectivity index is 3.55. The van der Waals surface area contributed by atoms with Gasteiger partial charge in [-0.25, -0.2) is 4.79 Å². The van der Waals surface area contributed by atoms with Crippen LogP contribution in [0.1, 0.15) is 13.8 Å². The van der Waals surface area contributed by atoms with Gasteiger partial charge in [-0.2, -0.15) is 0 Å². The van der Waals surface area contributed by atoms with Gasteiger partial charge in [0, 0.05) is 14.0 Å². The standard InChI is InChI=1S/C8H15NO4/c1-4-12-8(11)9(3)5-6-13-7(2)10/h4-6H2,1-3H3. The second kappa shape index (κ2) is 6.28. The van der Waals surface area contributed by atoms with E-state index in [9.17, 15) is 9.59 Å². The van der Waals surface area contributed by atoms with Gasteiger partial charge in [-0.05, 0) is 6.92 Å². The first-order chi connectivity index (χ1) is 6.07. The molecule has 0 spiro atoms. The molecule has 76 valence electrons. The van der Waals surface area contributed by atoms with Crippen LogP contribution in [0, 0.1) is 0 Å². The number of amides is 1. The molecule has 0 rings (SSSR count). The predicted octanol–water partition coefficient (Wildman–Crippen LogP) is 0.638. The number of likely N-dealkylation sites (N-methyl/N-ethyl adjacent to an activating group) is 1. The van der Waals surface area contributed by atoms with Crippen molar-refractivity contribution in [3.63, 3.8) is 0 Å². The van der Waals surface area contributed by atoms with Gasteiger partial charge in [0.2, 0.25) is 0 Å². The third-order valence-electron chi connectivity index (χ3n) is 1.31. The summed E-state index contributed by atoms with van der Waals surface area (Å²) < 4.78 is 9.36. The molecule has 0 unspecified atom stereocenters. The maximum absolute atomic E-state index is 11.0. The van der Waals surface area contributed by atoms with E-state index in [0.717, 1.165) is 0 Å². The summed E-state index contributed by atoms with van der Waals surface area (Å²) in [5.41, 5.74) is 0. The lowest BCUT2D eigenvalue weighted by atomic mass is 10.6. The minimum atomic E-state index is -0.408. The van der Waals surface area contributed by atoms with Crippen molar-refractivity contribution in [2.24, 2.45) is 0 Å². The predicted molar refractivity (Wildman–Crippen MR) is 46.3 cm³/mol. The van der Waals surface area contributed by atoms with Gasteiger partial charge in [0.1, 0.15) is 6.61 Å². The maximum Gasteiger partial charge on any atom is 0.409 e. The van der Waals surface area contributed by atoms with Crippen LogP contribution >= 0.6 is 0 Å². The van der Waals surface area contributed by atoms with Crippen LogP contribution in [0.2, 0.25) is 0 Å². The number of hydrogen-bond donors (Lipinski definition) is 0. The van der Waals surface area contributed by atoms with Gasteiger partial charge in [-0.15, -0.1) is 0 Å². The summed E-state index contributed by atoms with van der Waals surface area (Å²) in [6.07, 6.45) is -0.408. The SMILES string of the molecule is CCOC(=O)N(C)CCOC(C)=O. The maximum atomic E-state index is 11.0. The summed E-state index contributed by atoms with van der Waals surface area (Å²) in [5, 5.41) is 0. The molecule has 0 bridgehead atoms. The minimum absolute atomic E-state index is 0.199. The average Bonchev–Trinajstić information content (AvgIpc) is 2.04. The molecule has 5 nitrogen and oxygen atoms in total. The highest BCUT2D eigenvalue weighted by atomic mass is 16.6. The third-order valence-corrected chi connectivity index (χ3v) is 1.31. The third kappa shape index (κ3) is 5.95. The van der Waals surface area contributed by atoms with E-state index in [1.807, 2.05) is 0 Å². The normalized spacial score (nSPS) is 9.15. The Bertz CT molecular complexity index is 181. The number of esters is 1. The van der Waals surface area contributed by atoms with Crippen molar-refractivity contribution in [1.82, 2.24) is 4.90 Å². The molecule has 13 heavy (non-hydrogen) atoms. The molecule has 0 saturated heterocycles. The Morgan fingerprint density at radius 1 is 1.31 bits per heavy atom. The van der Waals surface area contributed by atoms with Gasteiger partial charge in [0.05, 0.1) is 13.2 Å². The van der Waals surface area contributed by atoms with Crippen LogP contribution < -0.4 is 0 Å². The molecule has 0 aromatic rings. The smallest absolute Gasteiger partial charge is 0.409 e. The highest BCUT2D eigenvalue weighted by Gasteiger charge is 2.08. The summed E-state index contributed by atoms with van der Waals surface area (Å²) in [7, 11) is 1.58. The van der Waals surface area contributed by atoms with Crippen LogP contribution in [-0.4, -0.2) is 43.8 Å². The lowest BCUT2D eigenvalue weighted by Gasteiger charge is -2.15. The molecule has 5 heteroatoms. The number of carbonyl (C=O) groups excluding carboxylic acids is 2. The zero-order valence-electron chi connectivity index (χ0n) is 8.20. The first kappa shape index (κ1) is 11.7. The van der Waals surface area contributed by atoms with Gasteiger partial charge < -0.3 is 14.4 Å². The quantitative estimate of drug-likeness (QED) is 0.609. The van der Waals surface area contributed by atoms with E-state index < -0.39 is 6.09 Å². The molecule has 0 aliphatic carbocycles. The Labute approximate surface area is 77.6 Å². The molecule has 0 fully saturated rings. The Kier molecular flexibility index (Phi) is 5.67. The summed E-state index contributed by atoms with van der Waals surface area (Å²) in [4.78, 5) is 22.7. The number of rotatable bonds is 4. The Morgan fingerprint density at radius 3 is 2.38 bits per heavy atom. The van der Waals surface area contributed by atoms with E-state index in [4.69, 9.17) is 4.74 Å². The van der Waals surface area contributed by atoms with Crippen molar-refractivity contribution in [3.05, 3.63) is 0 Å². The summed E-state index contributed by atoms with van der Waals surface area (Å²) >= 11 is 0. The van der Waals surface area contributed by atoms with Crippen molar-refractivity contribution in [1.29, 1.82) is 0 Å². The van der Waals surface area contributed by atoms with E-state index in [1.165, 1.54) is 11.8 Å². The van der Waals surface area contributed by atoms with Gasteiger partial charge in [0.15, 0.2) is 0 Å². The van der Waals surface area contributed by atoms with E-state index in [2.05, 4.69) is 4.74 Å². The van der Waals surface area contributed by atoms with Gasteiger partial charge in [-0.3, -0.25) is 4.79 Å². The van der Waals surface area contributed by atoms with E-state index in [-0.39, 0.29) is 12.6 Å². The molecule has 0 aliphatic heterocycles.